The van der Waals surface area contributed by atoms with Crippen molar-refractivity contribution >= 4 is 5.91 Å². The summed E-state index contributed by atoms with van der Waals surface area (Å²) in [6.07, 6.45) is 3.38. The third-order valence-electron chi connectivity index (χ3n) is 4.54. The highest BCUT2D eigenvalue weighted by molar-refractivity contribution is 5.79. The van der Waals surface area contributed by atoms with Gasteiger partial charge in [-0.2, -0.15) is 8.78 Å². The van der Waals surface area contributed by atoms with Crippen molar-refractivity contribution in [2.45, 2.75) is 32.4 Å². The second-order valence-corrected chi connectivity index (χ2v) is 6.14. The minimum Gasteiger partial charge on any atom is -0.435 e. The molecule has 2 atom stereocenters. The van der Waals surface area contributed by atoms with E-state index in [1.807, 2.05) is 0 Å². The second-order valence-electron chi connectivity index (χ2n) is 6.14. The fraction of sp³-hybridized carbons (Fsp3) is 0.562. The lowest BCUT2D eigenvalue weighted by Gasteiger charge is -2.22. The Morgan fingerprint density at radius 2 is 1.86 bits per heavy atom. The van der Waals surface area contributed by atoms with Gasteiger partial charge in [0.2, 0.25) is 5.91 Å². The van der Waals surface area contributed by atoms with Crippen molar-refractivity contribution in [3.8, 4) is 5.75 Å². The van der Waals surface area contributed by atoms with Crippen LogP contribution in [0.3, 0.4) is 0 Å². The minimum absolute atomic E-state index is 0.138. The SMILES string of the molecule is CN(Cc1ccc(OC(F)F)cc1)C(=O)C1CC2CC2C1. The summed E-state index contributed by atoms with van der Waals surface area (Å²) in [4.78, 5) is 14.1. The zero-order valence-corrected chi connectivity index (χ0v) is 12.0. The predicted octanol–water partition coefficient (Wildman–Crippen LogP) is 3.29. The first kappa shape index (κ1) is 14.3. The molecule has 0 saturated heterocycles. The number of carbonyl (C=O) groups excluding carboxylic acids is 1. The van der Waals surface area contributed by atoms with Gasteiger partial charge in [0.05, 0.1) is 0 Å². The molecule has 114 valence electrons. The number of halogens is 2. The number of carbonyl (C=O) groups is 1. The first-order chi connectivity index (χ1) is 10.0. The van der Waals surface area contributed by atoms with Gasteiger partial charge < -0.3 is 9.64 Å². The Balaban J connectivity index is 1.54. The van der Waals surface area contributed by atoms with E-state index in [4.69, 9.17) is 0 Å². The van der Waals surface area contributed by atoms with E-state index >= 15 is 0 Å². The molecular formula is C16H19F2NO2. The fourth-order valence-corrected chi connectivity index (χ4v) is 3.36. The average Bonchev–Trinajstić information content (AvgIpc) is 3.06. The van der Waals surface area contributed by atoms with Crippen LogP contribution in [-0.2, 0) is 11.3 Å². The summed E-state index contributed by atoms with van der Waals surface area (Å²) < 4.78 is 28.4. The topological polar surface area (TPSA) is 29.5 Å². The van der Waals surface area contributed by atoms with Crippen LogP contribution in [0.15, 0.2) is 24.3 Å². The lowest BCUT2D eigenvalue weighted by molar-refractivity contribution is -0.134. The molecule has 5 heteroatoms. The molecule has 2 unspecified atom stereocenters. The van der Waals surface area contributed by atoms with Gasteiger partial charge in [0.15, 0.2) is 0 Å². The van der Waals surface area contributed by atoms with Crippen LogP contribution >= 0.6 is 0 Å². The van der Waals surface area contributed by atoms with Gasteiger partial charge in [-0.1, -0.05) is 12.1 Å². The van der Waals surface area contributed by atoms with Crippen LogP contribution in [0.1, 0.15) is 24.8 Å². The Kier molecular flexibility index (Phi) is 3.83. The van der Waals surface area contributed by atoms with Crippen molar-refractivity contribution < 1.29 is 18.3 Å². The molecule has 1 aromatic rings. The van der Waals surface area contributed by atoms with Crippen LogP contribution in [0.5, 0.6) is 5.75 Å². The third-order valence-corrected chi connectivity index (χ3v) is 4.54. The Bertz CT molecular complexity index is 508. The molecule has 2 saturated carbocycles. The predicted molar refractivity (Wildman–Crippen MR) is 73.9 cm³/mol. The molecule has 0 radical (unpaired) electrons. The molecule has 2 aliphatic rings. The highest BCUT2D eigenvalue weighted by atomic mass is 19.3. The molecule has 3 rings (SSSR count). The van der Waals surface area contributed by atoms with Gasteiger partial charge in [0, 0.05) is 19.5 Å². The summed E-state index contributed by atoms with van der Waals surface area (Å²) in [6, 6.07) is 6.44. The Morgan fingerprint density at radius 3 is 2.43 bits per heavy atom. The zero-order chi connectivity index (χ0) is 15.0. The Labute approximate surface area is 122 Å². The molecule has 1 aromatic carbocycles. The van der Waals surface area contributed by atoms with Gasteiger partial charge in [-0.25, -0.2) is 0 Å². The number of rotatable bonds is 5. The van der Waals surface area contributed by atoms with Crippen LogP contribution in [0.4, 0.5) is 8.78 Å². The lowest BCUT2D eigenvalue weighted by atomic mass is 10.0. The zero-order valence-electron chi connectivity index (χ0n) is 12.0. The van der Waals surface area contributed by atoms with Crippen LogP contribution in [0.2, 0.25) is 0 Å². The van der Waals surface area contributed by atoms with Crippen LogP contribution in [-0.4, -0.2) is 24.5 Å². The minimum atomic E-state index is -2.81. The van der Waals surface area contributed by atoms with Gasteiger partial charge in [-0.05, 0) is 48.8 Å². The average molecular weight is 295 g/mol. The number of alkyl halides is 2. The standard InChI is InChI=1S/C16H19F2NO2/c1-19(15(20)13-7-11-6-12(11)8-13)9-10-2-4-14(5-3-10)21-16(17)18/h2-5,11-13,16H,6-9H2,1H3. The van der Waals surface area contributed by atoms with E-state index in [0.717, 1.165) is 30.2 Å². The first-order valence-electron chi connectivity index (χ1n) is 7.31. The van der Waals surface area contributed by atoms with Crippen LogP contribution in [0.25, 0.3) is 0 Å². The molecule has 2 aliphatic carbocycles. The summed E-state index contributed by atoms with van der Waals surface area (Å²) in [5.74, 6) is 2.10. The van der Waals surface area contributed by atoms with E-state index in [9.17, 15) is 13.6 Å². The molecule has 1 amide bonds. The Hall–Kier alpha value is -1.65. The summed E-state index contributed by atoms with van der Waals surface area (Å²) in [7, 11) is 1.80. The number of fused-ring (bicyclic) bond motifs is 1. The van der Waals surface area contributed by atoms with E-state index in [-0.39, 0.29) is 17.6 Å². The smallest absolute Gasteiger partial charge is 0.387 e. The van der Waals surface area contributed by atoms with Crippen molar-refractivity contribution in [1.82, 2.24) is 4.90 Å². The first-order valence-corrected chi connectivity index (χ1v) is 7.31. The molecule has 0 aliphatic heterocycles. The van der Waals surface area contributed by atoms with Crippen molar-refractivity contribution in [2.24, 2.45) is 17.8 Å². The maximum absolute atomic E-state index is 12.3. The largest absolute Gasteiger partial charge is 0.435 e. The fourth-order valence-electron chi connectivity index (χ4n) is 3.36. The number of ether oxygens (including phenoxy) is 1. The van der Waals surface area contributed by atoms with Gasteiger partial charge in [0.1, 0.15) is 5.75 Å². The summed E-state index contributed by atoms with van der Waals surface area (Å²) in [5, 5.41) is 0. The second kappa shape index (κ2) is 5.62. The highest BCUT2D eigenvalue weighted by Crippen LogP contribution is 2.54. The maximum atomic E-state index is 12.3. The molecule has 2 fully saturated rings. The van der Waals surface area contributed by atoms with E-state index in [1.54, 1.807) is 24.1 Å². The quantitative estimate of drug-likeness (QED) is 0.834. The van der Waals surface area contributed by atoms with E-state index < -0.39 is 6.61 Å². The molecule has 0 aromatic heterocycles. The molecule has 0 heterocycles. The van der Waals surface area contributed by atoms with E-state index in [1.165, 1.54) is 18.6 Å². The molecule has 0 N–H and O–H groups in total. The number of hydrogen-bond acceptors (Lipinski definition) is 2. The number of amides is 1. The van der Waals surface area contributed by atoms with Crippen molar-refractivity contribution in [1.29, 1.82) is 0 Å². The van der Waals surface area contributed by atoms with Crippen molar-refractivity contribution in [3.63, 3.8) is 0 Å². The maximum Gasteiger partial charge on any atom is 0.387 e. The number of nitrogens with zero attached hydrogens (tertiary/aromatic N) is 1. The molecule has 3 nitrogen and oxygen atoms in total. The normalized spacial score (nSPS) is 26.6. The number of benzene rings is 1. The lowest BCUT2D eigenvalue weighted by Crippen LogP contribution is -2.31. The summed E-state index contributed by atoms with van der Waals surface area (Å²) >= 11 is 0. The molecule has 0 bridgehead atoms. The highest BCUT2D eigenvalue weighted by Gasteiger charge is 2.48. The van der Waals surface area contributed by atoms with E-state index in [0.29, 0.717) is 6.54 Å². The van der Waals surface area contributed by atoms with E-state index in [2.05, 4.69) is 4.74 Å². The summed E-state index contributed by atoms with van der Waals surface area (Å²) in [6.45, 7) is -2.31. The van der Waals surface area contributed by atoms with Crippen LogP contribution in [0, 0.1) is 17.8 Å². The van der Waals surface area contributed by atoms with Gasteiger partial charge in [-0.3, -0.25) is 4.79 Å². The van der Waals surface area contributed by atoms with Crippen molar-refractivity contribution in [2.75, 3.05) is 7.05 Å². The third kappa shape index (κ3) is 3.34. The number of hydrogen-bond donors (Lipinski definition) is 0. The van der Waals surface area contributed by atoms with Gasteiger partial charge in [0.25, 0.3) is 0 Å². The van der Waals surface area contributed by atoms with Gasteiger partial charge >= 0.3 is 6.61 Å². The summed E-state index contributed by atoms with van der Waals surface area (Å²) in [5.41, 5.74) is 0.913. The molecular weight excluding hydrogens is 276 g/mol. The molecule has 0 spiro atoms. The Morgan fingerprint density at radius 1 is 1.24 bits per heavy atom. The monoisotopic (exact) mass is 295 g/mol. The van der Waals surface area contributed by atoms with Gasteiger partial charge in [-0.15, -0.1) is 0 Å². The molecule has 21 heavy (non-hydrogen) atoms. The van der Waals surface area contributed by atoms with Crippen molar-refractivity contribution in [3.05, 3.63) is 29.8 Å². The van der Waals surface area contributed by atoms with Crippen LogP contribution < -0.4 is 4.74 Å².